The van der Waals surface area contributed by atoms with E-state index in [0.717, 1.165) is 11.0 Å². The summed E-state index contributed by atoms with van der Waals surface area (Å²) in [6, 6.07) is 11.2. The van der Waals surface area contributed by atoms with Crippen LogP contribution in [0.25, 0.3) is 11.0 Å². The third-order valence-electron chi connectivity index (χ3n) is 2.78. The van der Waals surface area contributed by atoms with Gasteiger partial charge in [-0.25, -0.2) is 13.4 Å². The Morgan fingerprint density at radius 1 is 1.15 bits per heavy atom. The molecule has 0 unspecified atom stereocenters. The topological polar surface area (TPSA) is 74.8 Å². The fourth-order valence-electron chi connectivity index (χ4n) is 1.85. The Labute approximate surface area is 120 Å². The summed E-state index contributed by atoms with van der Waals surface area (Å²) < 4.78 is 27.0. The lowest BCUT2D eigenvalue weighted by molar-refractivity contribution is 0.601. The van der Waals surface area contributed by atoms with Crippen molar-refractivity contribution in [1.29, 1.82) is 0 Å². The van der Waals surface area contributed by atoms with Crippen LogP contribution in [0.1, 0.15) is 0 Å². The number of rotatable bonds is 3. The van der Waals surface area contributed by atoms with E-state index in [1.54, 1.807) is 36.7 Å². The van der Waals surface area contributed by atoms with Gasteiger partial charge in [0.25, 0.3) is 10.0 Å². The first-order valence-electron chi connectivity index (χ1n) is 5.76. The van der Waals surface area contributed by atoms with Crippen molar-refractivity contribution < 1.29 is 8.42 Å². The summed E-state index contributed by atoms with van der Waals surface area (Å²) in [5.74, 6) is 0. The lowest BCUT2D eigenvalue weighted by Crippen LogP contribution is -2.12. The largest absolute Gasteiger partial charge is 0.345 e. The molecule has 3 aromatic rings. The summed E-state index contributed by atoms with van der Waals surface area (Å²) in [5, 5.41) is 0.372. The number of anilines is 1. The Kier molecular flexibility index (Phi) is 3.11. The number of hydrogen-bond donors (Lipinski definition) is 2. The highest BCUT2D eigenvalue weighted by atomic mass is 35.5. The van der Waals surface area contributed by atoms with Gasteiger partial charge in [0.05, 0.1) is 27.9 Å². The minimum atomic E-state index is -3.66. The number of halogens is 1. The molecule has 0 aliphatic rings. The molecule has 0 aliphatic heterocycles. The molecule has 7 heteroatoms. The van der Waals surface area contributed by atoms with Gasteiger partial charge in [0.15, 0.2) is 0 Å². The van der Waals surface area contributed by atoms with Crippen molar-refractivity contribution in [2.45, 2.75) is 4.90 Å². The van der Waals surface area contributed by atoms with Gasteiger partial charge in [-0.3, -0.25) is 4.72 Å². The summed E-state index contributed by atoms with van der Waals surface area (Å²) in [7, 11) is -3.66. The number of nitrogens with one attached hydrogen (secondary N) is 2. The second-order valence-corrected chi connectivity index (χ2v) is 6.32. The van der Waals surface area contributed by atoms with E-state index in [2.05, 4.69) is 14.7 Å². The molecule has 5 nitrogen and oxygen atoms in total. The normalized spacial score (nSPS) is 11.7. The van der Waals surface area contributed by atoms with Crippen molar-refractivity contribution in [2.75, 3.05) is 4.72 Å². The molecule has 0 saturated carbocycles. The van der Waals surface area contributed by atoms with Gasteiger partial charge in [0.1, 0.15) is 0 Å². The standard InChI is InChI=1S/C13H10ClN3O2S/c14-9-2-1-3-11(6-9)20(18,19)17-10-4-5-12-13(7-10)16-8-15-12/h1-8,17H,(H,15,16). The monoisotopic (exact) mass is 307 g/mol. The molecule has 0 spiro atoms. The van der Waals surface area contributed by atoms with E-state index in [0.29, 0.717) is 10.7 Å². The van der Waals surface area contributed by atoms with Crippen LogP contribution in [0.2, 0.25) is 5.02 Å². The van der Waals surface area contributed by atoms with E-state index >= 15 is 0 Å². The van der Waals surface area contributed by atoms with Crippen molar-refractivity contribution in [3.8, 4) is 0 Å². The summed E-state index contributed by atoms with van der Waals surface area (Å²) in [4.78, 5) is 7.12. The van der Waals surface area contributed by atoms with Crippen LogP contribution < -0.4 is 4.72 Å². The first-order chi connectivity index (χ1) is 9.54. The summed E-state index contributed by atoms with van der Waals surface area (Å²) in [6.07, 6.45) is 1.56. The van der Waals surface area contributed by atoms with Gasteiger partial charge >= 0.3 is 0 Å². The first kappa shape index (κ1) is 13.0. The number of sulfonamides is 1. The summed E-state index contributed by atoms with van der Waals surface area (Å²) in [5.41, 5.74) is 1.99. The van der Waals surface area contributed by atoms with E-state index in [1.807, 2.05) is 0 Å². The zero-order valence-electron chi connectivity index (χ0n) is 10.2. The highest BCUT2D eigenvalue weighted by Gasteiger charge is 2.14. The molecule has 2 aromatic carbocycles. The number of nitrogens with zero attached hydrogens (tertiary/aromatic N) is 1. The van der Waals surface area contributed by atoms with E-state index in [4.69, 9.17) is 11.6 Å². The van der Waals surface area contributed by atoms with Gasteiger partial charge in [-0.2, -0.15) is 0 Å². The highest BCUT2D eigenvalue weighted by Crippen LogP contribution is 2.21. The zero-order valence-corrected chi connectivity index (χ0v) is 11.7. The van der Waals surface area contributed by atoms with Crippen molar-refractivity contribution in [3.05, 3.63) is 53.8 Å². The van der Waals surface area contributed by atoms with Crippen molar-refractivity contribution >= 4 is 38.3 Å². The first-order valence-corrected chi connectivity index (χ1v) is 7.62. The fraction of sp³-hybridized carbons (Fsp3) is 0. The third-order valence-corrected chi connectivity index (χ3v) is 4.39. The van der Waals surface area contributed by atoms with E-state index in [-0.39, 0.29) is 4.90 Å². The van der Waals surface area contributed by atoms with Gasteiger partial charge in [-0.1, -0.05) is 17.7 Å². The molecular formula is C13H10ClN3O2S. The molecular weight excluding hydrogens is 298 g/mol. The Hall–Kier alpha value is -2.05. The number of hydrogen-bond acceptors (Lipinski definition) is 3. The third kappa shape index (κ3) is 2.48. The fourth-order valence-corrected chi connectivity index (χ4v) is 3.20. The second-order valence-electron chi connectivity index (χ2n) is 4.20. The molecule has 1 heterocycles. The van der Waals surface area contributed by atoms with Crippen LogP contribution in [0.15, 0.2) is 53.7 Å². The van der Waals surface area contributed by atoms with Gasteiger partial charge < -0.3 is 4.98 Å². The van der Waals surface area contributed by atoms with Crippen molar-refractivity contribution in [2.24, 2.45) is 0 Å². The molecule has 0 atom stereocenters. The molecule has 1 aromatic heterocycles. The predicted octanol–water partition coefficient (Wildman–Crippen LogP) is 3.02. The molecule has 0 bridgehead atoms. The number of benzene rings is 2. The van der Waals surface area contributed by atoms with Crippen molar-refractivity contribution in [3.63, 3.8) is 0 Å². The van der Waals surface area contributed by atoms with Gasteiger partial charge in [-0.15, -0.1) is 0 Å². The van der Waals surface area contributed by atoms with Crippen LogP contribution in [-0.2, 0) is 10.0 Å². The smallest absolute Gasteiger partial charge is 0.261 e. The maximum atomic E-state index is 12.2. The number of H-pyrrole nitrogens is 1. The lowest BCUT2D eigenvalue weighted by atomic mass is 10.3. The number of fused-ring (bicyclic) bond motifs is 1. The minimum Gasteiger partial charge on any atom is -0.345 e. The Morgan fingerprint density at radius 2 is 2.00 bits per heavy atom. The molecule has 102 valence electrons. The average molecular weight is 308 g/mol. The van der Waals surface area contributed by atoms with Gasteiger partial charge in [0.2, 0.25) is 0 Å². The van der Waals surface area contributed by atoms with Gasteiger partial charge in [0, 0.05) is 5.02 Å². The molecule has 0 aliphatic carbocycles. The quantitative estimate of drug-likeness (QED) is 0.781. The van der Waals surface area contributed by atoms with Crippen LogP contribution in [0, 0.1) is 0 Å². The highest BCUT2D eigenvalue weighted by molar-refractivity contribution is 7.92. The molecule has 0 amide bonds. The van der Waals surface area contributed by atoms with E-state index in [1.165, 1.54) is 12.1 Å². The van der Waals surface area contributed by atoms with Crippen LogP contribution >= 0.6 is 11.6 Å². The molecule has 2 N–H and O–H groups in total. The molecule has 0 saturated heterocycles. The molecule has 0 radical (unpaired) electrons. The van der Waals surface area contributed by atoms with Crippen LogP contribution in [0.3, 0.4) is 0 Å². The summed E-state index contributed by atoms with van der Waals surface area (Å²) >= 11 is 5.81. The summed E-state index contributed by atoms with van der Waals surface area (Å²) in [6.45, 7) is 0. The van der Waals surface area contributed by atoms with E-state index < -0.39 is 10.0 Å². The van der Waals surface area contributed by atoms with Crippen molar-refractivity contribution in [1.82, 2.24) is 9.97 Å². The zero-order chi connectivity index (χ0) is 14.2. The number of imidazole rings is 1. The maximum Gasteiger partial charge on any atom is 0.261 e. The average Bonchev–Trinajstić information content (AvgIpc) is 2.85. The lowest BCUT2D eigenvalue weighted by Gasteiger charge is -2.08. The maximum absolute atomic E-state index is 12.2. The number of aromatic nitrogens is 2. The Morgan fingerprint density at radius 3 is 2.80 bits per heavy atom. The Bertz CT molecular complexity index is 874. The SMILES string of the molecule is O=S(=O)(Nc1ccc2nc[nH]c2c1)c1cccc(Cl)c1. The molecule has 3 rings (SSSR count). The molecule has 0 fully saturated rings. The second kappa shape index (κ2) is 4.81. The predicted molar refractivity (Wildman–Crippen MR) is 78.4 cm³/mol. The van der Waals surface area contributed by atoms with Crippen LogP contribution in [0.4, 0.5) is 5.69 Å². The van der Waals surface area contributed by atoms with Crippen LogP contribution in [0.5, 0.6) is 0 Å². The van der Waals surface area contributed by atoms with Crippen LogP contribution in [-0.4, -0.2) is 18.4 Å². The Balaban J connectivity index is 1.96. The number of aromatic amines is 1. The van der Waals surface area contributed by atoms with E-state index in [9.17, 15) is 8.42 Å². The molecule has 20 heavy (non-hydrogen) atoms. The van der Waals surface area contributed by atoms with Gasteiger partial charge in [-0.05, 0) is 36.4 Å². The minimum absolute atomic E-state index is 0.120.